The van der Waals surface area contributed by atoms with E-state index in [0.717, 1.165) is 6.08 Å². The maximum Gasteiger partial charge on any atom is 0.252 e. The molecule has 0 aliphatic rings. The summed E-state index contributed by atoms with van der Waals surface area (Å²) in [6, 6.07) is 5.72. The molecule has 0 radical (unpaired) electrons. The second-order valence-electron chi connectivity index (χ2n) is 8.68. The summed E-state index contributed by atoms with van der Waals surface area (Å²) in [6.45, 7) is 6.48. The van der Waals surface area contributed by atoms with Gasteiger partial charge in [-0.15, -0.1) is 0 Å². The molecule has 10 nitrogen and oxygen atoms in total. The molecule has 0 saturated heterocycles. The van der Waals surface area contributed by atoms with Gasteiger partial charge >= 0.3 is 0 Å². The van der Waals surface area contributed by atoms with Crippen LogP contribution >= 0.6 is 46.4 Å². The number of hydrogen-bond donors (Lipinski definition) is 0. The number of ketones is 2. The van der Waals surface area contributed by atoms with Crippen LogP contribution in [0.4, 0.5) is 0 Å². The van der Waals surface area contributed by atoms with Gasteiger partial charge in [0.2, 0.25) is 11.0 Å². The molecule has 0 aliphatic heterocycles. The van der Waals surface area contributed by atoms with Crippen LogP contribution in [0.15, 0.2) is 54.3 Å². The number of aromatic nitrogens is 1. The molecule has 1 rings (SSSR count). The minimum Gasteiger partial charge on any atom is -0.501 e. The first-order valence-corrected chi connectivity index (χ1v) is 14.2. The quantitative estimate of drug-likeness (QED) is 0.0663. The first-order chi connectivity index (χ1) is 19.9. The highest BCUT2D eigenvalue weighted by Crippen LogP contribution is 2.28. The van der Waals surface area contributed by atoms with Gasteiger partial charge in [-0.2, -0.15) is 0 Å². The minimum atomic E-state index is -2.01. The van der Waals surface area contributed by atoms with Gasteiger partial charge in [0.1, 0.15) is 0 Å². The van der Waals surface area contributed by atoms with Crippen molar-refractivity contribution in [2.24, 2.45) is 0 Å². The van der Waals surface area contributed by atoms with Crippen molar-refractivity contribution in [3.05, 3.63) is 54.3 Å². The van der Waals surface area contributed by atoms with E-state index in [0.29, 0.717) is 37.2 Å². The summed E-state index contributed by atoms with van der Waals surface area (Å²) in [6.07, 6.45) is 8.13. The van der Waals surface area contributed by atoms with Crippen LogP contribution in [0.25, 0.3) is 0 Å². The zero-order chi connectivity index (χ0) is 34.1. The zero-order valence-corrected chi connectivity index (χ0v) is 29.5. The number of carbonyl (C=O) groups excluding carboxylic acids is 3. The zero-order valence-electron chi connectivity index (χ0n) is 26.5. The number of pyridine rings is 1. The van der Waals surface area contributed by atoms with Crippen LogP contribution in [0, 0.1) is 0 Å². The number of methoxy groups -OCH3 is 6. The van der Waals surface area contributed by atoms with Crippen molar-refractivity contribution in [1.82, 2.24) is 4.98 Å². The van der Waals surface area contributed by atoms with Gasteiger partial charge in [0.05, 0.1) is 25.7 Å². The average molecular weight is 693 g/mol. The van der Waals surface area contributed by atoms with Gasteiger partial charge in [0.15, 0.2) is 17.4 Å². The van der Waals surface area contributed by atoms with Gasteiger partial charge in [0, 0.05) is 85.6 Å². The molecule has 0 spiro atoms. The van der Waals surface area contributed by atoms with E-state index in [1.54, 1.807) is 40.8 Å². The molecule has 0 fully saturated rings. The standard InChI is InChI=1S/C12H15Cl3O4.C10H22O4.C5H5N.C2H3ClO/c1-8(16)6-9(18-2)4-5-10(19-3)7-11(17)12(13,14)15;1-9(11-3,12-4)7-8-10(2,13-5)14-6;1-2-4-6-5-3-1;1-2(3)4/h6-7H,4-5H2,1-3H3;7-8H2,1-6H3;1-5H;1H3/b9-6-,10-7-;;;. The van der Waals surface area contributed by atoms with E-state index in [-0.39, 0.29) is 11.0 Å². The minimum absolute atomic E-state index is 0.128. The summed E-state index contributed by atoms with van der Waals surface area (Å²) in [5.74, 6) is -1.14. The predicted molar refractivity (Wildman–Crippen MR) is 170 cm³/mol. The summed E-state index contributed by atoms with van der Waals surface area (Å²) in [5, 5.41) is -0.361. The first-order valence-electron chi connectivity index (χ1n) is 12.7. The Morgan fingerprint density at radius 1 is 0.698 bits per heavy atom. The predicted octanol–water partition coefficient (Wildman–Crippen LogP) is 6.99. The fourth-order valence-corrected chi connectivity index (χ4v) is 2.67. The average Bonchev–Trinajstić information content (AvgIpc) is 2.97. The Kier molecular flexibility index (Phi) is 27.1. The summed E-state index contributed by atoms with van der Waals surface area (Å²) in [5.41, 5.74) is 0. The Labute approximate surface area is 275 Å². The van der Waals surface area contributed by atoms with Crippen molar-refractivity contribution < 1.29 is 42.8 Å². The van der Waals surface area contributed by atoms with Gasteiger partial charge in [-0.05, 0) is 44.5 Å². The highest BCUT2D eigenvalue weighted by atomic mass is 35.6. The number of ether oxygens (including phenoxy) is 6. The molecule has 43 heavy (non-hydrogen) atoms. The molecular weight excluding hydrogens is 648 g/mol. The number of carbonyl (C=O) groups is 3. The Hall–Kier alpha value is -1.76. The van der Waals surface area contributed by atoms with Crippen LogP contribution in [0.3, 0.4) is 0 Å². The third-order valence-corrected chi connectivity index (χ3v) is 5.96. The molecule has 1 aromatic rings. The van der Waals surface area contributed by atoms with E-state index in [2.05, 4.69) is 16.6 Å². The maximum atomic E-state index is 11.5. The Balaban J connectivity index is -0.000000575. The summed E-state index contributed by atoms with van der Waals surface area (Å²) in [4.78, 5) is 35.4. The molecule has 248 valence electrons. The fourth-order valence-electron chi connectivity index (χ4n) is 2.51. The second kappa shape index (κ2) is 25.6. The van der Waals surface area contributed by atoms with E-state index in [1.807, 2.05) is 32.0 Å². The molecule has 0 aliphatic carbocycles. The number of rotatable bonds is 14. The monoisotopic (exact) mass is 691 g/mol. The van der Waals surface area contributed by atoms with Gasteiger partial charge in [-0.25, -0.2) is 0 Å². The first kappa shape index (κ1) is 45.7. The van der Waals surface area contributed by atoms with Gasteiger partial charge in [-0.1, -0.05) is 40.9 Å². The van der Waals surface area contributed by atoms with Crippen molar-refractivity contribution in [1.29, 1.82) is 0 Å². The summed E-state index contributed by atoms with van der Waals surface area (Å²) in [7, 11) is 9.36. The normalized spacial score (nSPS) is 11.9. The van der Waals surface area contributed by atoms with Crippen molar-refractivity contribution in [3.8, 4) is 0 Å². The molecule has 0 bridgehead atoms. The lowest BCUT2D eigenvalue weighted by molar-refractivity contribution is -0.235. The SMILES string of the molecule is CC(=O)Cl.CO/C(=C\C(C)=O)CC/C(=C/C(=O)C(Cl)(Cl)Cl)OC.COC(C)(CCC(C)(OC)OC)OC.c1ccncc1. The van der Waals surface area contributed by atoms with Crippen LogP contribution < -0.4 is 0 Å². The van der Waals surface area contributed by atoms with Gasteiger partial charge < -0.3 is 28.4 Å². The lowest BCUT2D eigenvalue weighted by Gasteiger charge is -2.32. The molecule has 1 heterocycles. The molecule has 0 saturated carbocycles. The molecule has 0 unspecified atom stereocenters. The Morgan fingerprint density at radius 2 is 1.05 bits per heavy atom. The van der Waals surface area contributed by atoms with Crippen molar-refractivity contribution in [3.63, 3.8) is 0 Å². The molecule has 1 aromatic heterocycles. The van der Waals surface area contributed by atoms with Gasteiger partial charge in [0.25, 0.3) is 3.79 Å². The van der Waals surface area contributed by atoms with Crippen LogP contribution in [0.2, 0.25) is 0 Å². The lowest BCUT2D eigenvalue weighted by Crippen LogP contribution is -2.36. The number of halogens is 4. The molecule has 14 heteroatoms. The molecule has 0 atom stereocenters. The van der Waals surface area contributed by atoms with Crippen molar-refractivity contribution in [2.45, 2.75) is 68.7 Å². The second-order valence-corrected chi connectivity index (χ2v) is 11.5. The van der Waals surface area contributed by atoms with Crippen LogP contribution in [-0.4, -0.2) is 79.8 Å². The number of allylic oxidation sites excluding steroid dienone is 4. The third kappa shape index (κ3) is 27.5. The van der Waals surface area contributed by atoms with Crippen LogP contribution in [0.5, 0.6) is 0 Å². The van der Waals surface area contributed by atoms with Crippen LogP contribution in [-0.2, 0) is 42.8 Å². The van der Waals surface area contributed by atoms with Crippen LogP contribution in [0.1, 0.15) is 53.4 Å². The molecular formula is C29H45Cl4NO9. The Morgan fingerprint density at radius 3 is 1.26 bits per heavy atom. The largest absolute Gasteiger partial charge is 0.501 e. The van der Waals surface area contributed by atoms with E-state index in [1.165, 1.54) is 34.1 Å². The van der Waals surface area contributed by atoms with E-state index >= 15 is 0 Å². The lowest BCUT2D eigenvalue weighted by atomic mass is 10.1. The maximum absolute atomic E-state index is 11.5. The van der Waals surface area contributed by atoms with E-state index in [4.69, 9.17) is 63.2 Å². The molecule has 0 aromatic carbocycles. The summed E-state index contributed by atoms with van der Waals surface area (Å²) >= 11 is 21.0. The van der Waals surface area contributed by atoms with Gasteiger partial charge in [-0.3, -0.25) is 19.4 Å². The number of alkyl halides is 3. The third-order valence-electron chi connectivity index (χ3n) is 5.40. The van der Waals surface area contributed by atoms with E-state index < -0.39 is 21.2 Å². The highest BCUT2D eigenvalue weighted by molar-refractivity contribution is 6.77. The molecule has 0 amide bonds. The number of nitrogens with zero attached hydrogens (tertiary/aromatic N) is 1. The van der Waals surface area contributed by atoms with E-state index in [9.17, 15) is 14.4 Å². The smallest absolute Gasteiger partial charge is 0.252 e. The van der Waals surface area contributed by atoms with Crippen molar-refractivity contribution >= 4 is 63.2 Å². The fraction of sp³-hybridized carbons (Fsp3) is 0.586. The molecule has 0 N–H and O–H groups in total. The summed E-state index contributed by atoms with van der Waals surface area (Å²) < 4.78 is 29.0. The highest BCUT2D eigenvalue weighted by Gasteiger charge is 2.30. The Bertz CT molecular complexity index is 912. The van der Waals surface area contributed by atoms with Crippen molar-refractivity contribution in [2.75, 3.05) is 42.7 Å². The topological polar surface area (TPSA) is 119 Å². The number of hydrogen-bond acceptors (Lipinski definition) is 10.